The molecule has 1 aliphatic rings. The summed E-state index contributed by atoms with van der Waals surface area (Å²) in [6, 6.07) is 7.89. The van der Waals surface area contributed by atoms with Crippen LogP contribution in [-0.4, -0.2) is 44.9 Å². The van der Waals surface area contributed by atoms with Crippen LogP contribution in [0.2, 0.25) is 0 Å². The van der Waals surface area contributed by atoms with Crippen molar-refractivity contribution in [3.63, 3.8) is 0 Å². The largest absolute Gasteiger partial charge is 0.379 e. The number of amides is 1. The van der Waals surface area contributed by atoms with Gasteiger partial charge in [0.1, 0.15) is 4.90 Å². The smallest absolute Gasteiger partial charge is 0.245 e. The Morgan fingerprint density at radius 3 is 2.50 bits per heavy atom. The quantitative estimate of drug-likeness (QED) is 0.822. The summed E-state index contributed by atoms with van der Waals surface area (Å²) in [4.78, 5) is 12.4. The standard InChI is InChI=1S/C19H20F2N2O4S/c1-13-2-5-17(18(10-13)28(25,26)23-6-8-27-9-7-23)22-19(24)12-14-3-4-15(20)16(21)11-14/h2-5,10-11H,6-9,12H2,1H3,(H,22,24). The van der Waals surface area contributed by atoms with Crippen molar-refractivity contribution in [2.45, 2.75) is 18.2 Å². The zero-order valence-corrected chi connectivity index (χ0v) is 16.1. The minimum Gasteiger partial charge on any atom is -0.379 e. The Morgan fingerprint density at radius 2 is 1.82 bits per heavy atom. The number of halogens is 2. The Kier molecular flexibility index (Phi) is 6.07. The molecule has 0 unspecified atom stereocenters. The van der Waals surface area contributed by atoms with Gasteiger partial charge in [0.15, 0.2) is 11.6 Å². The van der Waals surface area contributed by atoms with E-state index in [-0.39, 0.29) is 35.7 Å². The first kappa shape index (κ1) is 20.4. The Bertz CT molecular complexity index is 989. The average molecular weight is 410 g/mol. The van der Waals surface area contributed by atoms with Crippen molar-refractivity contribution in [1.29, 1.82) is 0 Å². The molecule has 9 heteroatoms. The highest BCUT2D eigenvalue weighted by Crippen LogP contribution is 2.27. The fraction of sp³-hybridized carbons (Fsp3) is 0.316. The topological polar surface area (TPSA) is 75.7 Å². The van der Waals surface area contributed by atoms with Gasteiger partial charge < -0.3 is 10.1 Å². The highest BCUT2D eigenvalue weighted by molar-refractivity contribution is 7.89. The molecule has 1 saturated heterocycles. The fourth-order valence-electron chi connectivity index (χ4n) is 2.90. The molecule has 0 radical (unpaired) electrons. The number of anilines is 1. The summed E-state index contributed by atoms with van der Waals surface area (Å²) in [7, 11) is -3.82. The Hall–Kier alpha value is -2.36. The summed E-state index contributed by atoms with van der Waals surface area (Å²) < 4.78 is 58.9. The van der Waals surface area contributed by atoms with Gasteiger partial charge in [0.2, 0.25) is 15.9 Å². The molecule has 0 bridgehead atoms. The van der Waals surface area contributed by atoms with Gasteiger partial charge in [-0.25, -0.2) is 17.2 Å². The van der Waals surface area contributed by atoms with Gasteiger partial charge in [0.05, 0.1) is 25.3 Å². The lowest BCUT2D eigenvalue weighted by molar-refractivity contribution is -0.115. The molecule has 0 atom stereocenters. The van der Waals surface area contributed by atoms with Crippen molar-refractivity contribution in [1.82, 2.24) is 4.31 Å². The van der Waals surface area contributed by atoms with Crippen LogP contribution in [0.5, 0.6) is 0 Å². The average Bonchev–Trinajstić information content (AvgIpc) is 2.67. The summed E-state index contributed by atoms with van der Waals surface area (Å²) >= 11 is 0. The van der Waals surface area contributed by atoms with Crippen LogP contribution in [0, 0.1) is 18.6 Å². The maximum absolute atomic E-state index is 13.3. The van der Waals surface area contributed by atoms with Gasteiger partial charge >= 0.3 is 0 Å². The third-order valence-corrected chi connectivity index (χ3v) is 6.29. The summed E-state index contributed by atoms with van der Waals surface area (Å²) in [6.07, 6.45) is -0.220. The molecule has 6 nitrogen and oxygen atoms in total. The van der Waals surface area contributed by atoms with Crippen LogP contribution < -0.4 is 5.32 Å². The number of aryl methyl sites for hydroxylation is 1. The Balaban J connectivity index is 1.83. The fourth-order valence-corrected chi connectivity index (χ4v) is 4.54. The summed E-state index contributed by atoms with van der Waals surface area (Å²) in [6.45, 7) is 2.84. The third kappa shape index (κ3) is 4.54. The first-order valence-corrected chi connectivity index (χ1v) is 10.1. The number of rotatable bonds is 5. The number of hydrogen-bond donors (Lipinski definition) is 1. The van der Waals surface area contributed by atoms with E-state index in [0.717, 1.165) is 17.7 Å². The van der Waals surface area contributed by atoms with Crippen molar-refractivity contribution < 1.29 is 26.7 Å². The summed E-state index contributed by atoms with van der Waals surface area (Å²) in [5.41, 5.74) is 1.15. The van der Waals surface area contributed by atoms with Gasteiger partial charge in [0, 0.05) is 13.1 Å². The van der Waals surface area contributed by atoms with Crippen LogP contribution >= 0.6 is 0 Å². The zero-order valence-electron chi connectivity index (χ0n) is 15.2. The molecule has 0 aromatic heterocycles. The molecule has 3 rings (SSSR count). The number of morpholine rings is 1. The van der Waals surface area contributed by atoms with E-state index in [1.165, 1.54) is 22.5 Å². The number of carbonyl (C=O) groups is 1. The lowest BCUT2D eigenvalue weighted by atomic mass is 10.1. The van der Waals surface area contributed by atoms with Crippen LogP contribution in [0.4, 0.5) is 14.5 Å². The minimum absolute atomic E-state index is 0.00645. The van der Waals surface area contributed by atoms with Crippen LogP contribution in [0.15, 0.2) is 41.3 Å². The van der Waals surface area contributed by atoms with E-state index in [0.29, 0.717) is 13.2 Å². The maximum atomic E-state index is 13.3. The molecule has 2 aromatic carbocycles. The highest BCUT2D eigenvalue weighted by Gasteiger charge is 2.29. The monoisotopic (exact) mass is 410 g/mol. The zero-order chi connectivity index (χ0) is 20.3. The molecule has 150 valence electrons. The van der Waals surface area contributed by atoms with E-state index < -0.39 is 27.6 Å². The number of nitrogens with zero attached hydrogens (tertiary/aromatic N) is 1. The van der Waals surface area contributed by atoms with Crippen LogP contribution in [0.25, 0.3) is 0 Å². The summed E-state index contributed by atoms with van der Waals surface area (Å²) in [5.74, 6) is -2.58. The van der Waals surface area contributed by atoms with Crippen LogP contribution in [0.1, 0.15) is 11.1 Å². The lowest BCUT2D eigenvalue weighted by Crippen LogP contribution is -2.41. The number of ether oxygens (including phenoxy) is 1. The molecule has 1 heterocycles. The number of nitrogens with one attached hydrogen (secondary N) is 1. The van der Waals surface area contributed by atoms with Crippen LogP contribution in [0.3, 0.4) is 0 Å². The van der Waals surface area contributed by atoms with Crippen molar-refractivity contribution in [3.8, 4) is 0 Å². The van der Waals surface area contributed by atoms with E-state index in [9.17, 15) is 22.0 Å². The number of sulfonamides is 1. The molecule has 1 N–H and O–H groups in total. The number of hydrogen-bond acceptors (Lipinski definition) is 4. The number of benzene rings is 2. The molecular weight excluding hydrogens is 390 g/mol. The first-order valence-electron chi connectivity index (χ1n) is 8.70. The molecular formula is C19H20F2N2O4S. The van der Waals surface area contributed by atoms with E-state index in [2.05, 4.69) is 5.32 Å². The van der Waals surface area contributed by atoms with Crippen molar-refractivity contribution in [2.75, 3.05) is 31.6 Å². The van der Waals surface area contributed by atoms with Gasteiger partial charge in [-0.05, 0) is 42.3 Å². The molecule has 1 aliphatic heterocycles. The Labute approximate surface area is 162 Å². The van der Waals surface area contributed by atoms with E-state index in [4.69, 9.17) is 4.74 Å². The van der Waals surface area contributed by atoms with Crippen molar-refractivity contribution in [2.24, 2.45) is 0 Å². The summed E-state index contributed by atoms with van der Waals surface area (Å²) in [5, 5.41) is 2.57. The molecule has 0 spiro atoms. The van der Waals surface area contributed by atoms with E-state index in [1.807, 2.05) is 0 Å². The third-order valence-electron chi connectivity index (χ3n) is 4.35. The number of carbonyl (C=O) groups excluding carboxylic acids is 1. The first-order chi connectivity index (χ1) is 13.3. The normalized spacial score (nSPS) is 15.4. The highest BCUT2D eigenvalue weighted by atomic mass is 32.2. The molecule has 2 aromatic rings. The second kappa shape index (κ2) is 8.34. The predicted octanol–water partition coefficient (Wildman–Crippen LogP) is 2.48. The predicted molar refractivity (Wildman–Crippen MR) is 99.4 cm³/mol. The molecule has 1 amide bonds. The second-order valence-corrected chi connectivity index (χ2v) is 8.40. The van der Waals surface area contributed by atoms with Crippen LogP contribution in [-0.2, 0) is 26.0 Å². The molecule has 1 fully saturated rings. The molecule has 28 heavy (non-hydrogen) atoms. The molecule has 0 saturated carbocycles. The second-order valence-electron chi connectivity index (χ2n) is 6.49. The van der Waals surface area contributed by atoms with Gasteiger partial charge in [-0.2, -0.15) is 4.31 Å². The molecule has 0 aliphatic carbocycles. The van der Waals surface area contributed by atoms with E-state index in [1.54, 1.807) is 13.0 Å². The van der Waals surface area contributed by atoms with Gasteiger partial charge in [-0.1, -0.05) is 12.1 Å². The SMILES string of the molecule is Cc1ccc(NC(=O)Cc2ccc(F)c(F)c2)c(S(=O)(=O)N2CCOCC2)c1. The maximum Gasteiger partial charge on any atom is 0.245 e. The van der Waals surface area contributed by atoms with Crippen molar-refractivity contribution >= 4 is 21.6 Å². The lowest BCUT2D eigenvalue weighted by Gasteiger charge is -2.27. The Morgan fingerprint density at radius 1 is 1.11 bits per heavy atom. The minimum atomic E-state index is -3.82. The van der Waals surface area contributed by atoms with E-state index >= 15 is 0 Å². The van der Waals surface area contributed by atoms with Gasteiger partial charge in [0.25, 0.3) is 0 Å². The van der Waals surface area contributed by atoms with Gasteiger partial charge in [-0.15, -0.1) is 0 Å². The van der Waals surface area contributed by atoms with Gasteiger partial charge in [-0.3, -0.25) is 4.79 Å². The van der Waals surface area contributed by atoms with Crippen molar-refractivity contribution in [3.05, 3.63) is 59.2 Å².